The van der Waals surface area contributed by atoms with Crippen LogP contribution in [0.15, 0.2) is 66.7 Å². The molecule has 3 aromatic rings. The molecule has 5 rings (SSSR count). The molecule has 1 saturated carbocycles. The van der Waals surface area contributed by atoms with E-state index in [-0.39, 0.29) is 30.4 Å². The summed E-state index contributed by atoms with van der Waals surface area (Å²) < 4.78 is 43.0. The number of unbranched alkanes of at least 4 members (excludes halogenated alkanes) is 2. The van der Waals surface area contributed by atoms with Crippen LogP contribution in [0.1, 0.15) is 58.4 Å². The lowest BCUT2D eigenvalue weighted by atomic mass is 10.1. The Morgan fingerprint density at radius 2 is 1.64 bits per heavy atom. The van der Waals surface area contributed by atoms with E-state index >= 15 is 0 Å². The van der Waals surface area contributed by atoms with Gasteiger partial charge in [0.05, 0.1) is 12.3 Å². The van der Waals surface area contributed by atoms with Gasteiger partial charge in [-0.1, -0.05) is 12.1 Å². The summed E-state index contributed by atoms with van der Waals surface area (Å²) in [5, 5.41) is 12.8. The fourth-order valence-corrected chi connectivity index (χ4v) is 4.54. The van der Waals surface area contributed by atoms with Gasteiger partial charge in [0.25, 0.3) is 17.7 Å². The first-order valence-corrected chi connectivity index (χ1v) is 15.0. The van der Waals surface area contributed by atoms with Crippen LogP contribution in [-0.4, -0.2) is 65.7 Å². The fraction of sp³-hybridized carbons (Fsp3) is 0.333. The van der Waals surface area contributed by atoms with Gasteiger partial charge in [-0.2, -0.15) is 13.2 Å². The minimum absolute atomic E-state index is 0.0629. The molecule has 0 saturated heterocycles. The van der Waals surface area contributed by atoms with Gasteiger partial charge in [0.2, 0.25) is 0 Å². The van der Waals surface area contributed by atoms with Crippen LogP contribution < -0.4 is 25.8 Å². The maximum Gasteiger partial charge on any atom is 0.490 e. The standard InChI is InChI=1S/C31H34N4O5.C2HF3O2/c32-16-2-1-3-17-39-26-13-9-24(10-14-26)33-30(37)22-6-4-21(5-7-22)19-35(25-11-12-25)31(38)23-8-15-27-28(18-23)40-20-29(36)34-27;3-2(4,5)1(6)7/h4-10,13-15,18,25H,1-3,11-12,16-17,19-20,32H2,(H,33,37)(H,34,36);(H,6,7). The Morgan fingerprint density at radius 3 is 2.26 bits per heavy atom. The SMILES string of the molecule is NCCCCCOc1ccc(NC(=O)c2ccc(CN(C(=O)c3ccc4c(c3)OCC(=O)N4)C3CC3)cc2)cc1.O=C(O)C(F)(F)F. The molecule has 1 heterocycles. The summed E-state index contributed by atoms with van der Waals surface area (Å²) in [5.41, 5.74) is 8.74. The van der Waals surface area contributed by atoms with Crippen LogP contribution in [-0.2, 0) is 16.1 Å². The minimum atomic E-state index is -5.08. The number of ether oxygens (including phenoxy) is 2. The Morgan fingerprint density at radius 1 is 0.979 bits per heavy atom. The van der Waals surface area contributed by atoms with Crippen molar-refractivity contribution in [2.75, 3.05) is 30.4 Å². The highest BCUT2D eigenvalue weighted by Crippen LogP contribution is 2.33. The number of nitrogens with zero attached hydrogens (tertiary/aromatic N) is 1. The monoisotopic (exact) mass is 656 g/mol. The third-order valence-corrected chi connectivity index (χ3v) is 7.15. The lowest BCUT2D eigenvalue weighted by Crippen LogP contribution is -2.33. The molecule has 0 spiro atoms. The van der Waals surface area contributed by atoms with Crippen LogP contribution >= 0.6 is 0 Å². The summed E-state index contributed by atoms with van der Waals surface area (Å²) >= 11 is 0. The number of carbonyl (C=O) groups is 4. The Balaban J connectivity index is 0.000000644. The second kappa shape index (κ2) is 15.9. The molecule has 1 aliphatic heterocycles. The number of rotatable bonds is 12. The number of halogens is 3. The molecule has 2 aliphatic rings. The normalized spacial score (nSPS) is 13.6. The van der Waals surface area contributed by atoms with E-state index in [1.54, 1.807) is 30.3 Å². The average Bonchev–Trinajstić information content (AvgIpc) is 3.89. The number of carboxylic acids is 1. The predicted molar refractivity (Wildman–Crippen MR) is 166 cm³/mol. The Bertz CT molecular complexity index is 1560. The van der Waals surface area contributed by atoms with Gasteiger partial charge < -0.3 is 35.8 Å². The number of alkyl halides is 3. The summed E-state index contributed by atoms with van der Waals surface area (Å²) in [7, 11) is 0. The molecular formula is C33H35F3N4O7. The highest BCUT2D eigenvalue weighted by atomic mass is 19.4. The third-order valence-electron chi connectivity index (χ3n) is 7.15. The largest absolute Gasteiger partial charge is 0.494 e. The topological polar surface area (TPSA) is 160 Å². The van der Waals surface area contributed by atoms with Crippen molar-refractivity contribution in [1.29, 1.82) is 0 Å². The van der Waals surface area contributed by atoms with E-state index in [9.17, 15) is 27.6 Å². The summed E-state index contributed by atoms with van der Waals surface area (Å²) in [6.07, 6.45) is -0.156. The molecule has 11 nitrogen and oxygen atoms in total. The second-order valence-electron chi connectivity index (χ2n) is 10.9. The van der Waals surface area contributed by atoms with Crippen molar-refractivity contribution in [3.63, 3.8) is 0 Å². The van der Waals surface area contributed by atoms with Crippen LogP contribution in [0.5, 0.6) is 11.5 Å². The number of nitrogens with one attached hydrogen (secondary N) is 2. The highest BCUT2D eigenvalue weighted by Gasteiger charge is 2.38. The number of hydrogen-bond donors (Lipinski definition) is 4. The number of anilines is 2. The molecule has 5 N–H and O–H groups in total. The van der Waals surface area contributed by atoms with Gasteiger partial charge in [0.1, 0.15) is 11.5 Å². The molecule has 1 aliphatic carbocycles. The van der Waals surface area contributed by atoms with Crippen molar-refractivity contribution in [2.45, 2.75) is 50.9 Å². The zero-order valence-electron chi connectivity index (χ0n) is 25.3. The molecule has 0 atom stereocenters. The first-order chi connectivity index (χ1) is 22.4. The molecule has 47 heavy (non-hydrogen) atoms. The summed E-state index contributed by atoms with van der Waals surface area (Å²) in [6.45, 7) is 1.72. The molecule has 0 bridgehead atoms. The Kier molecular flexibility index (Phi) is 11.8. The second-order valence-corrected chi connectivity index (χ2v) is 10.9. The fourth-order valence-electron chi connectivity index (χ4n) is 4.54. The van der Waals surface area contributed by atoms with Crippen molar-refractivity contribution in [3.8, 4) is 11.5 Å². The van der Waals surface area contributed by atoms with Crippen LogP contribution in [0.3, 0.4) is 0 Å². The maximum absolute atomic E-state index is 13.4. The number of carbonyl (C=O) groups excluding carboxylic acids is 3. The Hall–Kier alpha value is -5.11. The van der Waals surface area contributed by atoms with Crippen molar-refractivity contribution in [1.82, 2.24) is 4.90 Å². The van der Waals surface area contributed by atoms with E-state index in [1.807, 2.05) is 41.3 Å². The van der Waals surface area contributed by atoms with Gasteiger partial charge in [-0.25, -0.2) is 4.79 Å². The molecule has 0 radical (unpaired) electrons. The van der Waals surface area contributed by atoms with Crippen LogP contribution in [0, 0.1) is 0 Å². The molecule has 0 aromatic heterocycles. The quantitative estimate of drug-likeness (QED) is 0.193. The smallest absolute Gasteiger partial charge is 0.490 e. The summed E-state index contributed by atoms with van der Waals surface area (Å²) in [5.74, 6) is -2.01. The van der Waals surface area contributed by atoms with Crippen molar-refractivity contribution in [2.24, 2.45) is 5.73 Å². The van der Waals surface area contributed by atoms with Gasteiger partial charge in [0, 0.05) is 29.4 Å². The lowest BCUT2D eigenvalue weighted by molar-refractivity contribution is -0.192. The number of benzene rings is 3. The number of nitrogens with two attached hydrogens (primary N) is 1. The summed E-state index contributed by atoms with van der Waals surface area (Å²) in [4.78, 5) is 48.5. The maximum atomic E-state index is 13.4. The third kappa shape index (κ3) is 10.5. The van der Waals surface area contributed by atoms with Crippen molar-refractivity contribution >= 4 is 35.1 Å². The first-order valence-electron chi connectivity index (χ1n) is 15.0. The van der Waals surface area contributed by atoms with Crippen LogP contribution in [0.4, 0.5) is 24.5 Å². The summed E-state index contributed by atoms with van der Waals surface area (Å²) in [6, 6.07) is 19.9. The molecule has 250 valence electrons. The molecule has 14 heteroatoms. The lowest BCUT2D eigenvalue weighted by Gasteiger charge is -2.24. The van der Waals surface area contributed by atoms with Gasteiger partial charge in [-0.3, -0.25) is 14.4 Å². The van der Waals surface area contributed by atoms with E-state index in [0.29, 0.717) is 47.9 Å². The number of hydrogen-bond acceptors (Lipinski definition) is 7. The number of amides is 3. The molecule has 3 aromatic carbocycles. The minimum Gasteiger partial charge on any atom is -0.494 e. The Labute approximate surface area is 268 Å². The molecular weight excluding hydrogens is 621 g/mol. The molecule has 1 fully saturated rings. The zero-order valence-corrected chi connectivity index (χ0v) is 25.3. The van der Waals surface area contributed by atoms with Crippen molar-refractivity contribution in [3.05, 3.63) is 83.4 Å². The van der Waals surface area contributed by atoms with E-state index in [1.165, 1.54) is 0 Å². The van der Waals surface area contributed by atoms with E-state index < -0.39 is 12.1 Å². The number of carboxylic acid groups (broad SMARTS) is 1. The van der Waals surface area contributed by atoms with E-state index in [2.05, 4.69) is 10.6 Å². The molecule has 3 amide bonds. The zero-order chi connectivity index (χ0) is 34.0. The average molecular weight is 657 g/mol. The van der Waals surface area contributed by atoms with Crippen molar-refractivity contribution < 1.29 is 46.9 Å². The van der Waals surface area contributed by atoms with Gasteiger partial charge in [-0.05, 0) is 98.8 Å². The van der Waals surface area contributed by atoms with E-state index in [4.69, 9.17) is 25.1 Å². The van der Waals surface area contributed by atoms with Crippen LogP contribution in [0.2, 0.25) is 0 Å². The van der Waals surface area contributed by atoms with Gasteiger partial charge in [0.15, 0.2) is 6.61 Å². The first kappa shape index (κ1) is 34.8. The number of aliphatic carboxylic acids is 1. The van der Waals surface area contributed by atoms with Gasteiger partial charge in [-0.15, -0.1) is 0 Å². The van der Waals surface area contributed by atoms with E-state index in [0.717, 1.165) is 43.4 Å². The number of fused-ring (bicyclic) bond motifs is 1. The van der Waals surface area contributed by atoms with Crippen LogP contribution in [0.25, 0.3) is 0 Å². The highest BCUT2D eigenvalue weighted by molar-refractivity contribution is 6.04. The predicted octanol–water partition coefficient (Wildman–Crippen LogP) is 5.22. The van der Waals surface area contributed by atoms with Gasteiger partial charge >= 0.3 is 12.1 Å². The molecule has 0 unspecified atom stereocenters.